The Bertz CT molecular complexity index is 626. The maximum Gasteiger partial charge on any atom is 0.267 e. The van der Waals surface area contributed by atoms with Gasteiger partial charge in [-0.3, -0.25) is 4.79 Å². The molecule has 17 heavy (non-hydrogen) atoms. The van der Waals surface area contributed by atoms with Gasteiger partial charge in [-0.15, -0.1) is 11.8 Å². The topological polar surface area (TPSA) is 56.6 Å². The first-order chi connectivity index (χ1) is 8.27. The average molecular weight is 242 g/mol. The molecule has 84 valence electrons. The van der Waals surface area contributed by atoms with E-state index < -0.39 is 0 Å². The molecule has 1 aromatic heterocycles. The van der Waals surface area contributed by atoms with Crippen LogP contribution in [-0.2, 0) is 0 Å². The number of nitrogens with zero attached hydrogens (tertiary/aromatic N) is 1. The van der Waals surface area contributed by atoms with Crippen molar-refractivity contribution in [1.29, 1.82) is 5.26 Å². The second-order valence-corrected chi connectivity index (χ2v) is 4.23. The maximum absolute atomic E-state index is 11.5. The number of rotatable bonds is 2. The molecule has 1 heterocycles. The summed E-state index contributed by atoms with van der Waals surface area (Å²) in [7, 11) is 0. The Morgan fingerprint density at radius 3 is 2.59 bits per heavy atom. The lowest BCUT2D eigenvalue weighted by molar-refractivity contribution is 1.16. The molecule has 2 aromatic rings. The van der Waals surface area contributed by atoms with Crippen LogP contribution in [0.4, 0.5) is 0 Å². The molecule has 0 unspecified atom stereocenters. The van der Waals surface area contributed by atoms with Crippen molar-refractivity contribution in [2.45, 2.75) is 4.90 Å². The molecular formula is C13H10N2OS. The highest BCUT2D eigenvalue weighted by atomic mass is 32.2. The minimum Gasteiger partial charge on any atom is -0.327 e. The van der Waals surface area contributed by atoms with Gasteiger partial charge < -0.3 is 4.98 Å². The zero-order valence-corrected chi connectivity index (χ0v) is 10.0. The molecule has 0 aliphatic carbocycles. The van der Waals surface area contributed by atoms with Crippen molar-refractivity contribution in [3.8, 4) is 17.2 Å². The van der Waals surface area contributed by atoms with E-state index in [0.29, 0.717) is 0 Å². The third-order valence-electron chi connectivity index (χ3n) is 2.45. The zero-order valence-electron chi connectivity index (χ0n) is 9.23. The number of benzene rings is 1. The van der Waals surface area contributed by atoms with E-state index in [-0.39, 0.29) is 11.1 Å². The summed E-state index contributed by atoms with van der Waals surface area (Å²) in [5.41, 5.74) is 1.72. The SMILES string of the molecule is CSc1c(-c2ccccc2)c[nH]c(=O)c1C#N. The molecule has 0 fully saturated rings. The molecular weight excluding hydrogens is 232 g/mol. The number of hydrogen-bond donors (Lipinski definition) is 1. The van der Waals surface area contributed by atoms with Crippen LogP contribution >= 0.6 is 11.8 Å². The average Bonchev–Trinajstić information content (AvgIpc) is 2.39. The Labute approximate surface area is 103 Å². The van der Waals surface area contributed by atoms with Crippen LogP contribution in [0.3, 0.4) is 0 Å². The first kappa shape index (κ1) is 11.5. The summed E-state index contributed by atoms with van der Waals surface area (Å²) in [5, 5.41) is 9.02. The number of H-pyrrole nitrogens is 1. The van der Waals surface area contributed by atoms with Gasteiger partial charge in [0.25, 0.3) is 5.56 Å². The maximum atomic E-state index is 11.5. The van der Waals surface area contributed by atoms with E-state index in [9.17, 15) is 4.79 Å². The number of pyridine rings is 1. The van der Waals surface area contributed by atoms with Gasteiger partial charge in [0.15, 0.2) is 0 Å². The summed E-state index contributed by atoms with van der Waals surface area (Å²) in [6.45, 7) is 0. The van der Waals surface area contributed by atoms with Crippen molar-refractivity contribution in [2.24, 2.45) is 0 Å². The van der Waals surface area contributed by atoms with Crippen molar-refractivity contribution in [1.82, 2.24) is 4.98 Å². The summed E-state index contributed by atoms with van der Waals surface area (Å²) < 4.78 is 0. The summed E-state index contributed by atoms with van der Waals surface area (Å²) in [4.78, 5) is 14.8. The van der Waals surface area contributed by atoms with Crippen LogP contribution in [0.25, 0.3) is 11.1 Å². The Kier molecular flexibility index (Phi) is 3.31. The van der Waals surface area contributed by atoms with Gasteiger partial charge >= 0.3 is 0 Å². The fourth-order valence-corrected chi connectivity index (χ4v) is 2.40. The Morgan fingerprint density at radius 2 is 2.00 bits per heavy atom. The number of nitrogens with one attached hydrogen (secondary N) is 1. The quantitative estimate of drug-likeness (QED) is 0.824. The fraction of sp³-hybridized carbons (Fsp3) is 0.0769. The lowest BCUT2D eigenvalue weighted by Gasteiger charge is -2.08. The lowest BCUT2D eigenvalue weighted by atomic mass is 10.1. The summed E-state index contributed by atoms with van der Waals surface area (Å²) in [5.74, 6) is 0. The van der Waals surface area contributed by atoms with Crippen LogP contribution in [-0.4, -0.2) is 11.2 Å². The summed E-state index contributed by atoms with van der Waals surface area (Å²) in [6.07, 6.45) is 3.52. The highest BCUT2D eigenvalue weighted by molar-refractivity contribution is 7.98. The summed E-state index contributed by atoms with van der Waals surface area (Å²) >= 11 is 1.41. The molecule has 2 rings (SSSR count). The molecule has 0 saturated heterocycles. The van der Waals surface area contributed by atoms with Gasteiger partial charge in [-0.1, -0.05) is 30.3 Å². The second-order valence-electron chi connectivity index (χ2n) is 3.42. The number of hydrogen-bond acceptors (Lipinski definition) is 3. The molecule has 0 spiro atoms. The Morgan fingerprint density at radius 1 is 1.29 bits per heavy atom. The van der Waals surface area contributed by atoms with Crippen molar-refractivity contribution >= 4 is 11.8 Å². The predicted molar refractivity (Wildman–Crippen MR) is 69.0 cm³/mol. The van der Waals surface area contributed by atoms with Gasteiger partial charge in [0, 0.05) is 16.7 Å². The smallest absolute Gasteiger partial charge is 0.267 e. The van der Waals surface area contributed by atoms with Crippen LogP contribution in [0.5, 0.6) is 0 Å². The van der Waals surface area contributed by atoms with Crippen molar-refractivity contribution in [3.63, 3.8) is 0 Å². The molecule has 0 atom stereocenters. The predicted octanol–water partition coefficient (Wildman–Crippen LogP) is 2.64. The van der Waals surface area contributed by atoms with Crippen LogP contribution < -0.4 is 5.56 Å². The number of nitriles is 1. The van der Waals surface area contributed by atoms with Crippen LogP contribution in [0.15, 0.2) is 46.2 Å². The highest BCUT2D eigenvalue weighted by Crippen LogP contribution is 2.30. The van der Waals surface area contributed by atoms with Gasteiger partial charge in [0.05, 0.1) is 0 Å². The molecule has 0 bridgehead atoms. The minimum absolute atomic E-state index is 0.179. The fourth-order valence-electron chi connectivity index (χ4n) is 1.66. The zero-order chi connectivity index (χ0) is 12.3. The molecule has 3 nitrogen and oxygen atoms in total. The number of aromatic nitrogens is 1. The molecule has 0 saturated carbocycles. The molecule has 4 heteroatoms. The third kappa shape index (κ3) is 2.10. The molecule has 0 amide bonds. The van der Waals surface area contributed by atoms with Gasteiger partial charge in [-0.2, -0.15) is 5.26 Å². The summed E-state index contributed by atoms with van der Waals surface area (Å²) in [6, 6.07) is 11.7. The van der Waals surface area contributed by atoms with E-state index in [1.165, 1.54) is 11.8 Å². The first-order valence-corrected chi connectivity index (χ1v) is 6.25. The van der Waals surface area contributed by atoms with E-state index in [1.54, 1.807) is 6.20 Å². The van der Waals surface area contributed by atoms with E-state index in [2.05, 4.69) is 4.98 Å². The highest BCUT2D eigenvalue weighted by Gasteiger charge is 2.12. The van der Waals surface area contributed by atoms with E-state index in [1.807, 2.05) is 42.7 Å². The van der Waals surface area contributed by atoms with Gasteiger partial charge in [0.1, 0.15) is 11.6 Å². The van der Waals surface area contributed by atoms with Crippen molar-refractivity contribution in [3.05, 3.63) is 52.4 Å². The molecule has 0 aliphatic rings. The molecule has 0 radical (unpaired) electrons. The number of thioether (sulfide) groups is 1. The van der Waals surface area contributed by atoms with E-state index in [4.69, 9.17) is 5.26 Å². The normalized spacial score (nSPS) is 9.88. The van der Waals surface area contributed by atoms with Gasteiger partial charge in [-0.25, -0.2) is 0 Å². The Hall–Kier alpha value is -1.99. The van der Waals surface area contributed by atoms with Gasteiger partial charge in [-0.05, 0) is 11.8 Å². The van der Waals surface area contributed by atoms with Crippen LogP contribution in [0.1, 0.15) is 5.56 Å². The number of aromatic amines is 1. The molecule has 1 aromatic carbocycles. The minimum atomic E-state index is -0.337. The molecule has 1 N–H and O–H groups in total. The van der Waals surface area contributed by atoms with E-state index in [0.717, 1.165) is 16.0 Å². The van der Waals surface area contributed by atoms with E-state index >= 15 is 0 Å². The molecule has 0 aliphatic heterocycles. The van der Waals surface area contributed by atoms with Gasteiger partial charge in [0.2, 0.25) is 0 Å². The lowest BCUT2D eigenvalue weighted by Crippen LogP contribution is -2.11. The Balaban J connectivity index is 2.73. The second kappa shape index (κ2) is 4.89. The monoisotopic (exact) mass is 242 g/mol. The van der Waals surface area contributed by atoms with Crippen molar-refractivity contribution in [2.75, 3.05) is 6.26 Å². The van der Waals surface area contributed by atoms with Crippen LogP contribution in [0, 0.1) is 11.3 Å². The third-order valence-corrected chi connectivity index (χ3v) is 3.28. The standard InChI is InChI=1S/C13H10N2OS/c1-17-12-10(7-14)13(16)15-8-11(12)9-5-3-2-4-6-9/h2-6,8H,1H3,(H,15,16). The van der Waals surface area contributed by atoms with Crippen molar-refractivity contribution < 1.29 is 0 Å². The first-order valence-electron chi connectivity index (χ1n) is 5.03. The largest absolute Gasteiger partial charge is 0.327 e. The van der Waals surface area contributed by atoms with Crippen LogP contribution in [0.2, 0.25) is 0 Å².